The number of hydrogen-bond donors (Lipinski definition) is 0. The Morgan fingerprint density at radius 2 is 1.50 bits per heavy atom. The first-order valence-corrected chi connectivity index (χ1v) is 8.07. The monoisotopic (exact) mass is 250 g/mol. The first-order chi connectivity index (χ1) is 8.84. The van der Waals surface area contributed by atoms with Crippen molar-refractivity contribution >= 4 is 5.78 Å². The van der Waals surface area contributed by atoms with Gasteiger partial charge in [0.2, 0.25) is 0 Å². The van der Waals surface area contributed by atoms with Crippen molar-refractivity contribution in [3.05, 3.63) is 11.6 Å². The molecular formula is C17H30O. The molecule has 0 bridgehead atoms. The maximum atomic E-state index is 11.6. The van der Waals surface area contributed by atoms with E-state index in [2.05, 4.69) is 13.0 Å². The van der Waals surface area contributed by atoms with Gasteiger partial charge in [-0.3, -0.25) is 4.79 Å². The molecule has 1 nitrogen and oxygen atoms in total. The second-order valence-corrected chi connectivity index (χ2v) is 5.62. The summed E-state index contributed by atoms with van der Waals surface area (Å²) in [6.45, 7) is 2.26. The minimum absolute atomic E-state index is 0.417. The van der Waals surface area contributed by atoms with Gasteiger partial charge in [-0.25, -0.2) is 0 Å². The van der Waals surface area contributed by atoms with Crippen LogP contribution in [0.5, 0.6) is 0 Å². The van der Waals surface area contributed by atoms with Crippen molar-refractivity contribution in [2.75, 3.05) is 0 Å². The molecule has 0 aliphatic heterocycles. The SMILES string of the molecule is CCCCCCCCCCC=C1CCCCC1=O. The molecule has 0 aromatic heterocycles. The number of carbonyl (C=O) groups is 1. The van der Waals surface area contributed by atoms with Gasteiger partial charge >= 0.3 is 0 Å². The molecule has 0 radical (unpaired) electrons. The third kappa shape index (κ3) is 6.98. The van der Waals surface area contributed by atoms with Gasteiger partial charge in [-0.15, -0.1) is 0 Å². The van der Waals surface area contributed by atoms with E-state index in [1.54, 1.807) is 0 Å². The van der Waals surface area contributed by atoms with Gasteiger partial charge in [0.25, 0.3) is 0 Å². The van der Waals surface area contributed by atoms with Crippen LogP contribution in [0, 0.1) is 0 Å². The molecule has 1 aliphatic rings. The van der Waals surface area contributed by atoms with Crippen LogP contribution in [0.15, 0.2) is 11.6 Å². The van der Waals surface area contributed by atoms with Crippen LogP contribution >= 0.6 is 0 Å². The molecule has 18 heavy (non-hydrogen) atoms. The van der Waals surface area contributed by atoms with E-state index in [4.69, 9.17) is 0 Å². The van der Waals surface area contributed by atoms with E-state index < -0.39 is 0 Å². The largest absolute Gasteiger partial charge is 0.295 e. The third-order valence-corrected chi connectivity index (χ3v) is 3.91. The number of allylic oxidation sites excluding steroid dienone is 2. The molecule has 0 saturated heterocycles. The Bertz CT molecular complexity index is 252. The van der Waals surface area contributed by atoms with Crippen LogP contribution in [0.1, 0.15) is 90.4 Å². The average molecular weight is 250 g/mol. The Morgan fingerprint density at radius 3 is 2.17 bits per heavy atom. The summed E-state index contributed by atoms with van der Waals surface area (Å²) in [5.41, 5.74) is 1.13. The van der Waals surface area contributed by atoms with Gasteiger partial charge in [0.15, 0.2) is 5.78 Å². The molecule has 0 spiro atoms. The fraction of sp³-hybridized carbons (Fsp3) is 0.824. The van der Waals surface area contributed by atoms with Gasteiger partial charge in [-0.2, -0.15) is 0 Å². The normalized spacial score (nSPS) is 18.5. The van der Waals surface area contributed by atoms with Gasteiger partial charge in [0.05, 0.1) is 0 Å². The number of rotatable bonds is 9. The van der Waals surface area contributed by atoms with E-state index in [-0.39, 0.29) is 0 Å². The fourth-order valence-electron chi connectivity index (χ4n) is 2.67. The predicted octanol–water partition coefficient (Wildman–Crippen LogP) is 5.59. The highest BCUT2D eigenvalue weighted by Gasteiger charge is 2.13. The molecule has 0 heterocycles. The van der Waals surface area contributed by atoms with Crippen LogP contribution < -0.4 is 0 Å². The molecule has 1 aliphatic carbocycles. The first kappa shape index (κ1) is 15.5. The molecule has 1 fully saturated rings. The highest BCUT2D eigenvalue weighted by Crippen LogP contribution is 2.20. The Balaban J connectivity index is 1.94. The third-order valence-electron chi connectivity index (χ3n) is 3.91. The van der Waals surface area contributed by atoms with Crippen LogP contribution in [0.4, 0.5) is 0 Å². The molecule has 0 amide bonds. The summed E-state index contributed by atoms with van der Waals surface area (Å²) in [5.74, 6) is 0.417. The second kappa shape index (κ2) is 10.3. The molecule has 1 saturated carbocycles. The minimum atomic E-state index is 0.417. The van der Waals surface area contributed by atoms with E-state index in [1.807, 2.05) is 0 Å². The molecule has 0 N–H and O–H groups in total. The zero-order chi connectivity index (χ0) is 13.1. The quantitative estimate of drug-likeness (QED) is 0.385. The molecule has 0 aromatic carbocycles. The lowest BCUT2D eigenvalue weighted by atomic mass is 9.92. The Hall–Kier alpha value is -0.590. The van der Waals surface area contributed by atoms with Gasteiger partial charge in [-0.1, -0.05) is 57.9 Å². The average Bonchev–Trinajstić information content (AvgIpc) is 2.39. The highest BCUT2D eigenvalue weighted by atomic mass is 16.1. The summed E-state index contributed by atoms with van der Waals surface area (Å²) in [6, 6.07) is 0. The zero-order valence-electron chi connectivity index (χ0n) is 12.2. The standard InChI is InChI=1S/C17H30O/c1-2-3-4-5-6-7-8-9-10-13-16-14-11-12-15-17(16)18/h13H,2-12,14-15H2,1H3. The van der Waals surface area contributed by atoms with Crippen LogP contribution in [0.2, 0.25) is 0 Å². The molecule has 104 valence electrons. The Morgan fingerprint density at radius 1 is 0.889 bits per heavy atom. The lowest BCUT2D eigenvalue weighted by Crippen LogP contribution is -2.08. The number of Topliss-reactive ketones (excluding diaryl/α,β-unsaturated/α-hetero) is 1. The van der Waals surface area contributed by atoms with E-state index in [0.29, 0.717) is 5.78 Å². The summed E-state index contributed by atoms with van der Waals surface area (Å²) in [4.78, 5) is 11.6. The molecule has 0 aromatic rings. The van der Waals surface area contributed by atoms with Crippen LogP contribution in [0.25, 0.3) is 0 Å². The second-order valence-electron chi connectivity index (χ2n) is 5.62. The van der Waals surface area contributed by atoms with Crippen molar-refractivity contribution in [2.45, 2.75) is 90.4 Å². The number of carbonyl (C=O) groups excluding carboxylic acids is 1. The lowest BCUT2D eigenvalue weighted by molar-refractivity contribution is -0.116. The van der Waals surface area contributed by atoms with Crippen molar-refractivity contribution in [1.82, 2.24) is 0 Å². The zero-order valence-corrected chi connectivity index (χ0v) is 12.2. The first-order valence-electron chi connectivity index (χ1n) is 8.07. The maximum absolute atomic E-state index is 11.6. The lowest BCUT2D eigenvalue weighted by Gasteiger charge is -2.12. The summed E-state index contributed by atoms with van der Waals surface area (Å²) >= 11 is 0. The number of hydrogen-bond acceptors (Lipinski definition) is 1. The number of ketones is 1. The predicted molar refractivity (Wildman–Crippen MR) is 78.8 cm³/mol. The number of unbranched alkanes of at least 4 members (excludes halogenated alkanes) is 8. The fourth-order valence-corrected chi connectivity index (χ4v) is 2.67. The molecule has 0 unspecified atom stereocenters. The highest BCUT2D eigenvalue weighted by molar-refractivity contribution is 5.95. The van der Waals surface area contributed by atoms with Crippen LogP contribution in [-0.4, -0.2) is 5.78 Å². The van der Waals surface area contributed by atoms with Crippen LogP contribution in [-0.2, 0) is 4.79 Å². The topological polar surface area (TPSA) is 17.1 Å². The van der Waals surface area contributed by atoms with E-state index >= 15 is 0 Å². The van der Waals surface area contributed by atoms with Gasteiger partial charge in [-0.05, 0) is 37.7 Å². The minimum Gasteiger partial charge on any atom is -0.295 e. The summed E-state index contributed by atoms with van der Waals surface area (Å²) in [5, 5.41) is 0. The summed E-state index contributed by atoms with van der Waals surface area (Å²) < 4.78 is 0. The van der Waals surface area contributed by atoms with Crippen molar-refractivity contribution in [3.63, 3.8) is 0 Å². The smallest absolute Gasteiger partial charge is 0.158 e. The Labute approximate surface area is 113 Å². The van der Waals surface area contributed by atoms with Crippen molar-refractivity contribution in [3.8, 4) is 0 Å². The van der Waals surface area contributed by atoms with E-state index in [0.717, 1.165) is 31.3 Å². The molecule has 1 rings (SSSR count). The Kier molecular flexibility index (Phi) is 8.89. The van der Waals surface area contributed by atoms with E-state index in [9.17, 15) is 4.79 Å². The van der Waals surface area contributed by atoms with Gasteiger partial charge in [0, 0.05) is 6.42 Å². The van der Waals surface area contributed by atoms with Crippen LogP contribution in [0.3, 0.4) is 0 Å². The summed E-state index contributed by atoms with van der Waals surface area (Å²) in [6.07, 6.45) is 18.4. The maximum Gasteiger partial charge on any atom is 0.158 e. The molecule has 0 atom stereocenters. The molecule has 1 heteroatoms. The summed E-state index contributed by atoms with van der Waals surface area (Å²) in [7, 11) is 0. The van der Waals surface area contributed by atoms with Gasteiger partial charge in [0.1, 0.15) is 0 Å². The van der Waals surface area contributed by atoms with Crippen molar-refractivity contribution in [2.24, 2.45) is 0 Å². The van der Waals surface area contributed by atoms with E-state index in [1.165, 1.54) is 57.8 Å². The molecular weight excluding hydrogens is 220 g/mol. The van der Waals surface area contributed by atoms with Gasteiger partial charge < -0.3 is 0 Å². The van der Waals surface area contributed by atoms with Crippen molar-refractivity contribution < 1.29 is 4.79 Å². The van der Waals surface area contributed by atoms with Crippen molar-refractivity contribution in [1.29, 1.82) is 0 Å².